The van der Waals surface area contributed by atoms with E-state index in [1.54, 1.807) is 12.1 Å². The topological polar surface area (TPSA) is 67.2 Å². The van der Waals surface area contributed by atoms with Gasteiger partial charge < -0.3 is 16.4 Å². The number of amides is 1. The van der Waals surface area contributed by atoms with Gasteiger partial charge in [0.2, 0.25) is 5.91 Å². The molecule has 0 spiro atoms. The van der Waals surface area contributed by atoms with Crippen molar-refractivity contribution in [2.75, 3.05) is 10.6 Å². The predicted octanol–water partition coefficient (Wildman–Crippen LogP) is 2.47. The summed E-state index contributed by atoms with van der Waals surface area (Å²) in [5, 5.41) is 5.85. The van der Waals surface area contributed by atoms with Crippen LogP contribution < -0.4 is 16.4 Å². The zero-order valence-electron chi connectivity index (χ0n) is 11.1. The molecule has 1 saturated carbocycles. The molecule has 1 aliphatic rings. The van der Waals surface area contributed by atoms with Gasteiger partial charge in [-0.25, -0.2) is 4.39 Å². The second kappa shape index (κ2) is 6.02. The maximum atomic E-state index is 13.7. The van der Waals surface area contributed by atoms with Crippen molar-refractivity contribution in [3.63, 3.8) is 0 Å². The quantitative estimate of drug-likeness (QED) is 0.786. The van der Waals surface area contributed by atoms with Crippen molar-refractivity contribution in [1.29, 1.82) is 0 Å². The van der Waals surface area contributed by atoms with Crippen LogP contribution in [0.3, 0.4) is 0 Å². The molecule has 2 rings (SSSR count). The first-order valence-corrected chi connectivity index (χ1v) is 6.64. The van der Waals surface area contributed by atoms with Gasteiger partial charge in [0.05, 0.1) is 5.69 Å². The minimum Gasteiger partial charge on any atom is -0.380 e. The highest BCUT2D eigenvalue weighted by molar-refractivity contribution is 5.89. The molecule has 0 heterocycles. The van der Waals surface area contributed by atoms with Crippen LogP contribution >= 0.6 is 0 Å². The molecule has 5 heteroatoms. The number of halogens is 1. The van der Waals surface area contributed by atoms with Gasteiger partial charge in [-0.1, -0.05) is 0 Å². The molecule has 0 aliphatic heterocycles. The molecular formula is C14H20FN3O. The Hall–Kier alpha value is -1.62. The van der Waals surface area contributed by atoms with E-state index in [9.17, 15) is 9.18 Å². The van der Waals surface area contributed by atoms with E-state index in [1.165, 1.54) is 13.0 Å². The summed E-state index contributed by atoms with van der Waals surface area (Å²) in [6.07, 6.45) is 3.82. The molecule has 1 amide bonds. The minimum atomic E-state index is -0.302. The number of nitrogens with two attached hydrogens (primary N) is 1. The molecular weight excluding hydrogens is 245 g/mol. The Morgan fingerprint density at radius 3 is 2.63 bits per heavy atom. The average molecular weight is 265 g/mol. The second-order valence-electron chi connectivity index (χ2n) is 5.13. The van der Waals surface area contributed by atoms with E-state index in [0.717, 1.165) is 25.7 Å². The standard InChI is InChI=1S/C14H20FN3O/c1-9(19)17-12-6-7-13(15)14(8-12)18-11-4-2-10(16)3-5-11/h6-8,10-11,18H,2-5,16H2,1H3,(H,17,19). The molecule has 0 atom stereocenters. The molecule has 0 unspecified atom stereocenters. The third-order valence-electron chi connectivity index (χ3n) is 3.42. The zero-order valence-corrected chi connectivity index (χ0v) is 11.1. The van der Waals surface area contributed by atoms with Crippen LogP contribution in [0, 0.1) is 5.82 Å². The van der Waals surface area contributed by atoms with E-state index in [0.29, 0.717) is 11.4 Å². The Balaban J connectivity index is 2.04. The van der Waals surface area contributed by atoms with Crippen LogP contribution in [0.25, 0.3) is 0 Å². The monoisotopic (exact) mass is 265 g/mol. The lowest BCUT2D eigenvalue weighted by atomic mass is 9.91. The summed E-state index contributed by atoms with van der Waals surface area (Å²) in [4.78, 5) is 11.0. The fourth-order valence-electron chi connectivity index (χ4n) is 2.40. The lowest BCUT2D eigenvalue weighted by molar-refractivity contribution is -0.114. The third kappa shape index (κ3) is 3.92. The fraction of sp³-hybridized carbons (Fsp3) is 0.500. The number of benzene rings is 1. The van der Waals surface area contributed by atoms with Gasteiger partial charge in [0.25, 0.3) is 0 Å². The van der Waals surface area contributed by atoms with Gasteiger partial charge in [0.15, 0.2) is 0 Å². The van der Waals surface area contributed by atoms with Crippen LogP contribution in [0.4, 0.5) is 15.8 Å². The van der Waals surface area contributed by atoms with Gasteiger partial charge in [-0.3, -0.25) is 4.79 Å². The van der Waals surface area contributed by atoms with E-state index in [-0.39, 0.29) is 23.8 Å². The molecule has 19 heavy (non-hydrogen) atoms. The molecule has 1 aliphatic carbocycles. The van der Waals surface area contributed by atoms with Crippen molar-refractivity contribution in [3.8, 4) is 0 Å². The molecule has 1 aromatic carbocycles. The summed E-state index contributed by atoms with van der Waals surface area (Å²) < 4.78 is 13.7. The minimum absolute atomic E-state index is 0.166. The normalized spacial score (nSPS) is 22.9. The summed E-state index contributed by atoms with van der Waals surface area (Å²) in [7, 11) is 0. The predicted molar refractivity (Wildman–Crippen MR) is 74.6 cm³/mol. The van der Waals surface area contributed by atoms with Crippen LogP contribution in [0.2, 0.25) is 0 Å². The van der Waals surface area contributed by atoms with Crippen LogP contribution in [-0.4, -0.2) is 18.0 Å². The Morgan fingerprint density at radius 2 is 2.00 bits per heavy atom. The summed E-state index contributed by atoms with van der Waals surface area (Å²) >= 11 is 0. The summed E-state index contributed by atoms with van der Waals surface area (Å²) in [6.45, 7) is 1.43. The van der Waals surface area contributed by atoms with Crippen molar-refractivity contribution in [1.82, 2.24) is 0 Å². The number of carbonyl (C=O) groups excluding carboxylic acids is 1. The Morgan fingerprint density at radius 1 is 1.32 bits per heavy atom. The first-order chi connectivity index (χ1) is 9.04. The largest absolute Gasteiger partial charge is 0.380 e. The van der Waals surface area contributed by atoms with Crippen molar-refractivity contribution < 1.29 is 9.18 Å². The Bertz CT molecular complexity index is 456. The number of carbonyl (C=O) groups is 1. The molecule has 0 radical (unpaired) electrons. The first-order valence-electron chi connectivity index (χ1n) is 6.64. The summed E-state index contributed by atoms with van der Waals surface area (Å²) in [5.41, 5.74) is 6.89. The smallest absolute Gasteiger partial charge is 0.221 e. The van der Waals surface area contributed by atoms with E-state index in [1.807, 2.05) is 0 Å². The number of hydrogen-bond donors (Lipinski definition) is 3. The van der Waals surface area contributed by atoms with Gasteiger partial charge in [-0.15, -0.1) is 0 Å². The molecule has 1 aromatic rings. The van der Waals surface area contributed by atoms with Gasteiger partial charge in [-0.2, -0.15) is 0 Å². The lowest BCUT2D eigenvalue weighted by Crippen LogP contribution is -2.33. The van der Waals surface area contributed by atoms with E-state index in [2.05, 4.69) is 10.6 Å². The maximum absolute atomic E-state index is 13.7. The van der Waals surface area contributed by atoms with Gasteiger partial charge in [-0.05, 0) is 43.9 Å². The molecule has 1 fully saturated rings. The SMILES string of the molecule is CC(=O)Nc1ccc(F)c(NC2CCC(N)CC2)c1. The molecule has 104 valence electrons. The van der Waals surface area contributed by atoms with Crippen molar-refractivity contribution >= 4 is 17.3 Å². The van der Waals surface area contributed by atoms with E-state index < -0.39 is 0 Å². The van der Waals surface area contributed by atoms with Gasteiger partial charge >= 0.3 is 0 Å². The maximum Gasteiger partial charge on any atom is 0.221 e. The van der Waals surface area contributed by atoms with Crippen molar-refractivity contribution in [3.05, 3.63) is 24.0 Å². The van der Waals surface area contributed by atoms with E-state index >= 15 is 0 Å². The van der Waals surface area contributed by atoms with Crippen LogP contribution in [0.1, 0.15) is 32.6 Å². The number of rotatable bonds is 3. The first kappa shape index (κ1) is 13.8. The van der Waals surface area contributed by atoms with Crippen molar-refractivity contribution in [2.45, 2.75) is 44.7 Å². The van der Waals surface area contributed by atoms with Crippen LogP contribution in [-0.2, 0) is 4.79 Å². The highest BCUT2D eigenvalue weighted by atomic mass is 19.1. The lowest BCUT2D eigenvalue weighted by Gasteiger charge is -2.27. The van der Waals surface area contributed by atoms with E-state index in [4.69, 9.17) is 5.73 Å². The van der Waals surface area contributed by atoms with Gasteiger partial charge in [0, 0.05) is 24.7 Å². The Kier molecular flexibility index (Phi) is 4.37. The summed E-state index contributed by atoms with van der Waals surface area (Å²) in [5.74, 6) is -0.467. The number of nitrogens with one attached hydrogen (secondary N) is 2. The highest BCUT2D eigenvalue weighted by Crippen LogP contribution is 2.25. The third-order valence-corrected chi connectivity index (χ3v) is 3.42. The number of hydrogen-bond acceptors (Lipinski definition) is 3. The molecule has 0 saturated heterocycles. The molecule has 0 aromatic heterocycles. The zero-order chi connectivity index (χ0) is 13.8. The highest BCUT2D eigenvalue weighted by Gasteiger charge is 2.19. The van der Waals surface area contributed by atoms with Crippen molar-refractivity contribution in [2.24, 2.45) is 5.73 Å². The van der Waals surface area contributed by atoms with Crippen LogP contribution in [0.15, 0.2) is 18.2 Å². The second-order valence-corrected chi connectivity index (χ2v) is 5.13. The average Bonchev–Trinajstić information content (AvgIpc) is 2.35. The number of anilines is 2. The molecule has 4 N–H and O–H groups in total. The van der Waals surface area contributed by atoms with Crippen LogP contribution in [0.5, 0.6) is 0 Å². The molecule has 0 bridgehead atoms. The van der Waals surface area contributed by atoms with Gasteiger partial charge in [0.1, 0.15) is 5.82 Å². The molecule has 4 nitrogen and oxygen atoms in total. The summed E-state index contributed by atoms with van der Waals surface area (Å²) in [6, 6.07) is 5.07. The Labute approximate surface area is 112 Å². The fourth-order valence-corrected chi connectivity index (χ4v) is 2.40.